The van der Waals surface area contributed by atoms with Crippen LogP contribution in [0.1, 0.15) is 28.7 Å². The van der Waals surface area contributed by atoms with Gasteiger partial charge in [-0.3, -0.25) is 9.48 Å². The molecule has 1 unspecified atom stereocenters. The van der Waals surface area contributed by atoms with Gasteiger partial charge in [-0.25, -0.2) is 4.39 Å². The maximum atomic E-state index is 13.5. The van der Waals surface area contributed by atoms with E-state index in [4.69, 9.17) is 0 Å². The summed E-state index contributed by atoms with van der Waals surface area (Å²) >= 11 is 0. The fourth-order valence-corrected chi connectivity index (χ4v) is 2.23. The summed E-state index contributed by atoms with van der Waals surface area (Å²) in [4.78, 5) is 11.9. The van der Waals surface area contributed by atoms with Gasteiger partial charge >= 0.3 is 0 Å². The van der Waals surface area contributed by atoms with Crippen molar-refractivity contribution in [2.45, 2.75) is 27.3 Å². The average Bonchev–Trinajstić information content (AvgIpc) is 2.74. The largest absolute Gasteiger partial charge is 0.352 e. The number of carbonyl (C=O) groups excluding carboxylic acids is 1. The third-order valence-electron chi connectivity index (χ3n) is 3.32. The van der Waals surface area contributed by atoms with Crippen LogP contribution in [0.4, 0.5) is 4.39 Å². The minimum absolute atomic E-state index is 0.0795. The van der Waals surface area contributed by atoms with Gasteiger partial charge in [-0.1, -0.05) is 19.1 Å². The van der Waals surface area contributed by atoms with Crippen LogP contribution in [0.2, 0.25) is 0 Å². The molecule has 21 heavy (non-hydrogen) atoms. The maximum Gasteiger partial charge on any atom is 0.254 e. The van der Waals surface area contributed by atoms with Crippen molar-refractivity contribution < 1.29 is 9.18 Å². The zero-order valence-electron chi connectivity index (χ0n) is 12.6. The van der Waals surface area contributed by atoms with Gasteiger partial charge in [0, 0.05) is 18.8 Å². The first-order valence-corrected chi connectivity index (χ1v) is 7.01. The molecule has 1 aromatic carbocycles. The minimum Gasteiger partial charge on any atom is -0.352 e. The molecule has 0 aliphatic heterocycles. The van der Waals surface area contributed by atoms with Crippen molar-refractivity contribution in [1.82, 2.24) is 15.1 Å². The Bertz CT molecular complexity index is 636. The zero-order chi connectivity index (χ0) is 15.4. The quantitative estimate of drug-likeness (QED) is 0.920. The number of benzene rings is 1. The molecule has 0 aliphatic carbocycles. The van der Waals surface area contributed by atoms with Gasteiger partial charge in [-0.05, 0) is 38.0 Å². The van der Waals surface area contributed by atoms with Crippen molar-refractivity contribution in [3.8, 4) is 0 Å². The summed E-state index contributed by atoms with van der Waals surface area (Å²) in [5.74, 6) is -0.673. The van der Waals surface area contributed by atoms with Gasteiger partial charge < -0.3 is 5.32 Å². The lowest BCUT2D eigenvalue weighted by molar-refractivity contribution is 0.0942. The summed E-state index contributed by atoms with van der Waals surface area (Å²) in [6.07, 6.45) is 0. The first-order valence-electron chi connectivity index (χ1n) is 7.01. The summed E-state index contributed by atoms with van der Waals surface area (Å²) < 4.78 is 15.4. The molecule has 0 saturated heterocycles. The topological polar surface area (TPSA) is 46.9 Å². The van der Waals surface area contributed by atoms with Crippen LogP contribution in [-0.4, -0.2) is 22.2 Å². The van der Waals surface area contributed by atoms with Gasteiger partial charge in [-0.2, -0.15) is 5.10 Å². The standard InChI is InChI=1S/C16H20FN3O/c1-11(10-20-13(3)8-12(2)19-20)9-18-16(21)14-6-4-5-7-15(14)17/h4-8,11H,9-10H2,1-3H3,(H,18,21). The monoisotopic (exact) mass is 289 g/mol. The Kier molecular flexibility index (Phi) is 4.73. The summed E-state index contributed by atoms with van der Waals surface area (Å²) in [5.41, 5.74) is 2.16. The van der Waals surface area contributed by atoms with Crippen LogP contribution in [0.5, 0.6) is 0 Å². The second-order valence-electron chi connectivity index (χ2n) is 5.40. The van der Waals surface area contributed by atoms with Crippen molar-refractivity contribution in [3.63, 3.8) is 0 Å². The molecule has 0 saturated carbocycles. The van der Waals surface area contributed by atoms with Gasteiger partial charge in [0.15, 0.2) is 0 Å². The third-order valence-corrected chi connectivity index (χ3v) is 3.32. The summed E-state index contributed by atoms with van der Waals surface area (Å²) in [7, 11) is 0. The summed E-state index contributed by atoms with van der Waals surface area (Å²) in [5, 5.41) is 7.16. The average molecular weight is 289 g/mol. The Balaban J connectivity index is 1.89. The van der Waals surface area contributed by atoms with Crippen molar-refractivity contribution >= 4 is 5.91 Å². The first kappa shape index (κ1) is 15.2. The Morgan fingerprint density at radius 3 is 2.71 bits per heavy atom. The fraction of sp³-hybridized carbons (Fsp3) is 0.375. The Labute approximate surface area is 124 Å². The first-order chi connectivity index (χ1) is 9.97. The molecule has 5 heteroatoms. The Morgan fingerprint density at radius 1 is 1.38 bits per heavy atom. The highest BCUT2D eigenvalue weighted by Crippen LogP contribution is 2.08. The summed E-state index contributed by atoms with van der Waals surface area (Å²) in [6, 6.07) is 8.00. The van der Waals surface area contributed by atoms with Crippen LogP contribution in [0.15, 0.2) is 30.3 Å². The van der Waals surface area contributed by atoms with E-state index in [1.807, 2.05) is 31.5 Å². The minimum atomic E-state index is -0.499. The molecule has 1 N–H and O–H groups in total. The molecule has 1 aromatic heterocycles. The summed E-state index contributed by atoms with van der Waals surface area (Å²) in [6.45, 7) is 7.18. The molecule has 4 nitrogen and oxygen atoms in total. The molecule has 1 atom stereocenters. The van der Waals surface area contributed by atoms with E-state index in [2.05, 4.69) is 10.4 Å². The normalized spacial score (nSPS) is 12.2. The number of carbonyl (C=O) groups is 1. The van der Waals surface area contributed by atoms with Gasteiger partial charge in [0.2, 0.25) is 0 Å². The van der Waals surface area contributed by atoms with E-state index in [0.29, 0.717) is 6.54 Å². The van der Waals surface area contributed by atoms with E-state index in [1.54, 1.807) is 12.1 Å². The SMILES string of the molecule is Cc1cc(C)n(CC(C)CNC(=O)c2ccccc2F)n1. The number of nitrogens with one attached hydrogen (secondary N) is 1. The molecule has 2 aromatic rings. The smallest absolute Gasteiger partial charge is 0.254 e. The number of aryl methyl sites for hydroxylation is 2. The highest BCUT2D eigenvalue weighted by Gasteiger charge is 2.12. The molecule has 1 amide bonds. The zero-order valence-corrected chi connectivity index (χ0v) is 12.6. The van der Waals surface area contributed by atoms with E-state index in [-0.39, 0.29) is 17.4 Å². The van der Waals surface area contributed by atoms with E-state index in [9.17, 15) is 9.18 Å². The van der Waals surface area contributed by atoms with E-state index >= 15 is 0 Å². The van der Waals surface area contributed by atoms with Crippen LogP contribution in [-0.2, 0) is 6.54 Å². The van der Waals surface area contributed by atoms with Gasteiger partial charge in [0.25, 0.3) is 5.91 Å². The lowest BCUT2D eigenvalue weighted by Crippen LogP contribution is -2.30. The molecular formula is C16H20FN3O. The third kappa shape index (κ3) is 3.90. The molecule has 0 bridgehead atoms. The molecule has 2 rings (SSSR count). The van der Waals surface area contributed by atoms with Crippen molar-refractivity contribution in [1.29, 1.82) is 0 Å². The number of halogens is 1. The van der Waals surface area contributed by atoms with Gasteiger partial charge in [-0.15, -0.1) is 0 Å². The highest BCUT2D eigenvalue weighted by atomic mass is 19.1. The molecule has 112 valence electrons. The highest BCUT2D eigenvalue weighted by molar-refractivity contribution is 5.94. The molecule has 1 heterocycles. The van der Waals surface area contributed by atoms with Gasteiger partial charge in [0.1, 0.15) is 5.82 Å². The number of hydrogen-bond acceptors (Lipinski definition) is 2. The van der Waals surface area contributed by atoms with E-state index < -0.39 is 5.82 Å². The molecular weight excluding hydrogens is 269 g/mol. The fourth-order valence-electron chi connectivity index (χ4n) is 2.23. The van der Waals surface area contributed by atoms with Crippen molar-refractivity contribution in [2.75, 3.05) is 6.54 Å². The number of rotatable bonds is 5. The van der Waals surface area contributed by atoms with Crippen LogP contribution in [0.3, 0.4) is 0 Å². The predicted molar refractivity (Wildman–Crippen MR) is 79.6 cm³/mol. The van der Waals surface area contributed by atoms with Crippen LogP contribution in [0.25, 0.3) is 0 Å². The number of hydrogen-bond donors (Lipinski definition) is 1. The number of amides is 1. The second-order valence-corrected chi connectivity index (χ2v) is 5.40. The van der Waals surface area contributed by atoms with Crippen LogP contribution in [0, 0.1) is 25.6 Å². The molecule has 0 spiro atoms. The molecule has 0 radical (unpaired) electrons. The lowest BCUT2D eigenvalue weighted by Gasteiger charge is -2.14. The van der Waals surface area contributed by atoms with Crippen LogP contribution >= 0.6 is 0 Å². The van der Waals surface area contributed by atoms with E-state index in [0.717, 1.165) is 17.9 Å². The van der Waals surface area contributed by atoms with Crippen LogP contribution < -0.4 is 5.32 Å². The second kappa shape index (κ2) is 6.52. The number of aromatic nitrogens is 2. The van der Waals surface area contributed by atoms with Crippen molar-refractivity contribution in [2.24, 2.45) is 5.92 Å². The lowest BCUT2D eigenvalue weighted by atomic mass is 10.1. The molecule has 0 aliphatic rings. The maximum absolute atomic E-state index is 13.5. The Hall–Kier alpha value is -2.17. The number of nitrogens with zero attached hydrogens (tertiary/aromatic N) is 2. The Morgan fingerprint density at radius 2 is 2.10 bits per heavy atom. The van der Waals surface area contributed by atoms with E-state index in [1.165, 1.54) is 12.1 Å². The van der Waals surface area contributed by atoms with Gasteiger partial charge in [0.05, 0.1) is 11.3 Å². The molecule has 0 fully saturated rings. The predicted octanol–water partition coefficient (Wildman–Crippen LogP) is 2.71. The van der Waals surface area contributed by atoms with Crippen molar-refractivity contribution in [3.05, 3.63) is 53.1 Å².